The first kappa shape index (κ1) is 16.8. The van der Waals surface area contributed by atoms with E-state index in [0.717, 1.165) is 13.0 Å². The van der Waals surface area contributed by atoms with Crippen LogP contribution in [0.15, 0.2) is 42.7 Å². The van der Waals surface area contributed by atoms with Gasteiger partial charge in [-0.05, 0) is 12.0 Å². The fourth-order valence-electron chi connectivity index (χ4n) is 4.55. The summed E-state index contributed by atoms with van der Waals surface area (Å²) in [6.07, 6.45) is 4.22. The largest absolute Gasteiger partial charge is 0.339 e. The van der Waals surface area contributed by atoms with Gasteiger partial charge in [-0.2, -0.15) is 5.10 Å². The number of hydrogen-bond donors (Lipinski definition) is 0. The van der Waals surface area contributed by atoms with E-state index in [-0.39, 0.29) is 29.7 Å². The normalized spacial score (nSPS) is 25.2. The van der Waals surface area contributed by atoms with E-state index in [2.05, 4.69) is 17.2 Å². The Morgan fingerprint density at radius 3 is 2.58 bits per heavy atom. The summed E-state index contributed by atoms with van der Waals surface area (Å²) >= 11 is 0. The second-order valence-corrected chi connectivity index (χ2v) is 7.36. The molecule has 6 heteroatoms. The zero-order valence-corrected chi connectivity index (χ0v) is 15.2. The van der Waals surface area contributed by atoms with Gasteiger partial charge < -0.3 is 9.80 Å². The van der Waals surface area contributed by atoms with Crippen molar-refractivity contribution < 1.29 is 9.59 Å². The van der Waals surface area contributed by atoms with Gasteiger partial charge in [0.05, 0.1) is 11.8 Å². The summed E-state index contributed by atoms with van der Waals surface area (Å²) < 4.78 is 1.65. The zero-order valence-electron chi connectivity index (χ0n) is 15.2. The van der Waals surface area contributed by atoms with Crippen molar-refractivity contribution in [1.29, 1.82) is 0 Å². The van der Waals surface area contributed by atoms with Crippen LogP contribution < -0.4 is 0 Å². The van der Waals surface area contributed by atoms with Crippen LogP contribution in [-0.2, 0) is 11.8 Å². The van der Waals surface area contributed by atoms with E-state index in [9.17, 15) is 9.59 Å². The van der Waals surface area contributed by atoms with E-state index in [4.69, 9.17) is 0 Å². The van der Waals surface area contributed by atoms with E-state index in [0.29, 0.717) is 18.7 Å². The van der Waals surface area contributed by atoms with E-state index < -0.39 is 0 Å². The molecule has 2 fully saturated rings. The van der Waals surface area contributed by atoms with E-state index in [1.165, 1.54) is 5.56 Å². The second-order valence-electron chi connectivity index (χ2n) is 7.36. The third kappa shape index (κ3) is 2.89. The lowest BCUT2D eigenvalue weighted by Crippen LogP contribution is -2.49. The van der Waals surface area contributed by atoms with Crippen LogP contribution in [0.5, 0.6) is 0 Å². The van der Waals surface area contributed by atoms with Gasteiger partial charge >= 0.3 is 0 Å². The quantitative estimate of drug-likeness (QED) is 0.829. The number of amides is 2. The van der Waals surface area contributed by atoms with Crippen LogP contribution >= 0.6 is 0 Å². The predicted octanol–water partition coefficient (Wildman–Crippen LogP) is 1.90. The minimum absolute atomic E-state index is 0.0321. The molecule has 2 amide bonds. The number of carbonyl (C=O) groups is 2. The van der Waals surface area contributed by atoms with Gasteiger partial charge in [-0.25, -0.2) is 0 Å². The summed E-state index contributed by atoms with van der Waals surface area (Å²) in [6, 6.07) is 10.6. The van der Waals surface area contributed by atoms with Crippen LogP contribution in [0.25, 0.3) is 0 Å². The molecule has 4 rings (SSSR count). The molecule has 0 saturated carbocycles. The highest BCUT2D eigenvalue weighted by Crippen LogP contribution is 2.41. The van der Waals surface area contributed by atoms with Crippen molar-refractivity contribution in [2.45, 2.75) is 25.3 Å². The number of rotatable bonds is 2. The Hall–Kier alpha value is -2.63. The summed E-state index contributed by atoms with van der Waals surface area (Å²) in [5.41, 5.74) is 1.88. The molecule has 0 bridgehead atoms. The molecule has 3 atom stereocenters. The first-order valence-electron chi connectivity index (χ1n) is 9.14. The summed E-state index contributed by atoms with van der Waals surface area (Å²) in [5, 5.41) is 4.11. The molecule has 26 heavy (non-hydrogen) atoms. The molecule has 0 unspecified atom stereocenters. The van der Waals surface area contributed by atoms with Crippen molar-refractivity contribution in [3.63, 3.8) is 0 Å². The van der Waals surface area contributed by atoms with Crippen LogP contribution in [0, 0.1) is 5.92 Å². The van der Waals surface area contributed by atoms with Crippen molar-refractivity contribution in [2.75, 3.05) is 19.6 Å². The monoisotopic (exact) mass is 352 g/mol. The summed E-state index contributed by atoms with van der Waals surface area (Å²) in [5.74, 6) is 0.709. The molecular weight excluding hydrogens is 328 g/mol. The average Bonchev–Trinajstić information content (AvgIpc) is 3.25. The van der Waals surface area contributed by atoms with Gasteiger partial charge in [0, 0.05) is 57.7 Å². The van der Waals surface area contributed by atoms with Crippen LogP contribution in [0.1, 0.15) is 35.2 Å². The third-order valence-corrected chi connectivity index (χ3v) is 5.80. The summed E-state index contributed by atoms with van der Waals surface area (Å²) in [7, 11) is 1.82. The standard InChI is InChI=1S/C20H24N4O2/c1-14(25)24-13-17(15-6-4-3-5-7-15)18-12-23(9-8-19(18)24)20(26)16-10-21-22(2)11-16/h3-7,10-11,17-19H,8-9,12-13H2,1-2H3/t17-,18-,19-/m1/s1. The maximum Gasteiger partial charge on any atom is 0.257 e. The number of piperidine rings is 1. The molecule has 0 aliphatic carbocycles. The molecule has 0 radical (unpaired) electrons. The molecule has 1 aromatic heterocycles. The summed E-state index contributed by atoms with van der Waals surface area (Å²) in [4.78, 5) is 28.9. The summed E-state index contributed by atoms with van der Waals surface area (Å²) in [6.45, 7) is 3.75. The third-order valence-electron chi connectivity index (χ3n) is 5.80. The van der Waals surface area contributed by atoms with Crippen LogP contribution in [-0.4, -0.2) is 57.1 Å². The minimum atomic E-state index is 0.0321. The van der Waals surface area contributed by atoms with Gasteiger partial charge in [0.1, 0.15) is 0 Å². The highest BCUT2D eigenvalue weighted by molar-refractivity contribution is 5.93. The smallest absolute Gasteiger partial charge is 0.257 e. The van der Waals surface area contributed by atoms with E-state index in [1.807, 2.05) is 35.0 Å². The van der Waals surface area contributed by atoms with Crippen molar-refractivity contribution in [3.8, 4) is 0 Å². The molecule has 136 valence electrons. The van der Waals surface area contributed by atoms with Crippen molar-refractivity contribution in [3.05, 3.63) is 53.9 Å². The Labute approximate surface area is 153 Å². The number of likely N-dealkylation sites (tertiary alicyclic amines) is 2. The minimum Gasteiger partial charge on any atom is -0.339 e. The van der Waals surface area contributed by atoms with E-state index >= 15 is 0 Å². The highest BCUT2D eigenvalue weighted by atomic mass is 16.2. The van der Waals surface area contributed by atoms with Crippen molar-refractivity contribution >= 4 is 11.8 Å². The molecule has 0 N–H and O–H groups in total. The average molecular weight is 352 g/mol. The van der Waals surface area contributed by atoms with Gasteiger partial charge in [0.25, 0.3) is 5.91 Å². The molecule has 2 aromatic rings. The lowest BCUT2D eigenvalue weighted by molar-refractivity contribution is -0.130. The van der Waals surface area contributed by atoms with Crippen molar-refractivity contribution in [1.82, 2.24) is 19.6 Å². The van der Waals surface area contributed by atoms with Gasteiger partial charge in [0.2, 0.25) is 5.91 Å². The molecule has 0 spiro atoms. The molecular formula is C20H24N4O2. The number of aryl methyl sites for hydroxylation is 1. The Bertz CT molecular complexity index is 816. The Morgan fingerprint density at radius 1 is 1.15 bits per heavy atom. The Balaban J connectivity index is 1.59. The number of hydrogen-bond acceptors (Lipinski definition) is 3. The molecule has 2 saturated heterocycles. The topological polar surface area (TPSA) is 58.4 Å². The van der Waals surface area contributed by atoms with Crippen LogP contribution in [0.2, 0.25) is 0 Å². The van der Waals surface area contributed by atoms with E-state index in [1.54, 1.807) is 24.0 Å². The number of nitrogens with zero attached hydrogens (tertiary/aromatic N) is 4. The molecule has 2 aliphatic rings. The maximum atomic E-state index is 12.9. The predicted molar refractivity (Wildman–Crippen MR) is 97.6 cm³/mol. The van der Waals surface area contributed by atoms with Gasteiger partial charge in [-0.15, -0.1) is 0 Å². The molecule has 3 heterocycles. The number of carbonyl (C=O) groups excluding carboxylic acids is 2. The first-order valence-corrected chi connectivity index (χ1v) is 9.14. The fourth-order valence-corrected chi connectivity index (χ4v) is 4.55. The first-order chi connectivity index (χ1) is 12.5. The fraction of sp³-hybridized carbons (Fsp3) is 0.450. The SMILES string of the molecule is CC(=O)N1C[C@H](c2ccccc2)[C@H]2CN(C(=O)c3cnn(C)c3)CC[C@H]21. The van der Waals surface area contributed by atoms with Crippen LogP contribution in [0.3, 0.4) is 0 Å². The molecule has 1 aromatic carbocycles. The Morgan fingerprint density at radius 2 is 1.92 bits per heavy atom. The van der Waals surface area contributed by atoms with Crippen molar-refractivity contribution in [2.24, 2.45) is 13.0 Å². The molecule has 2 aliphatic heterocycles. The Kier molecular flexibility index (Phi) is 4.26. The zero-order chi connectivity index (χ0) is 18.3. The van der Waals surface area contributed by atoms with Gasteiger partial charge in [-0.3, -0.25) is 14.3 Å². The van der Waals surface area contributed by atoms with Gasteiger partial charge in [-0.1, -0.05) is 30.3 Å². The second kappa shape index (κ2) is 6.59. The number of benzene rings is 1. The number of aromatic nitrogens is 2. The highest BCUT2D eigenvalue weighted by Gasteiger charge is 2.46. The van der Waals surface area contributed by atoms with Crippen LogP contribution in [0.4, 0.5) is 0 Å². The lowest BCUT2D eigenvalue weighted by atomic mass is 9.81. The maximum absolute atomic E-state index is 12.9. The number of fused-ring (bicyclic) bond motifs is 1. The van der Waals surface area contributed by atoms with Gasteiger partial charge in [0.15, 0.2) is 0 Å². The molecule has 6 nitrogen and oxygen atoms in total. The lowest BCUT2D eigenvalue weighted by Gasteiger charge is -2.38.